The van der Waals surface area contributed by atoms with Crippen molar-refractivity contribution >= 4 is 5.97 Å². The molecule has 0 aliphatic carbocycles. The van der Waals surface area contributed by atoms with E-state index in [-0.39, 0.29) is 11.7 Å². The first-order valence-corrected chi connectivity index (χ1v) is 6.17. The first-order chi connectivity index (χ1) is 9.47. The molecule has 1 heterocycles. The molecule has 1 unspecified atom stereocenters. The van der Waals surface area contributed by atoms with Gasteiger partial charge in [0, 0.05) is 5.92 Å². The van der Waals surface area contributed by atoms with Crippen molar-refractivity contribution < 1.29 is 19.0 Å². The largest absolute Gasteiger partial charge is 0.478 e. The van der Waals surface area contributed by atoms with Gasteiger partial charge < -0.3 is 9.84 Å². The van der Waals surface area contributed by atoms with Crippen LogP contribution in [0.1, 0.15) is 13.8 Å². The van der Waals surface area contributed by atoms with E-state index in [0.29, 0.717) is 11.4 Å². The van der Waals surface area contributed by atoms with Gasteiger partial charge in [0.2, 0.25) is 0 Å². The van der Waals surface area contributed by atoms with Crippen molar-refractivity contribution in [2.45, 2.75) is 20.0 Å². The van der Waals surface area contributed by atoms with Crippen LogP contribution in [0.15, 0.2) is 36.7 Å². The van der Waals surface area contributed by atoms with Gasteiger partial charge in [0.1, 0.15) is 5.82 Å². The predicted molar refractivity (Wildman–Crippen MR) is 70.4 cm³/mol. The van der Waals surface area contributed by atoms with Crippen LogP contribution >= 0.6 is 0 Å². The Hall–Kier alpha value is -2.37. The van der Waals surface area contributed by atoms with Crippen LogP contribution < -0.4 is 4.74 Å². The zero-order valence-corrected chi connectivity index (χ0v) is 11.2. The van der Waals surface area contributed by atoms with Gasteiger partial charge >= 0.3 is 5.97 Å². The SMILES string of the molecule is CC(C)C(Oc1cnn(-c2cccc(F)c2)c1)C(=O)O. The van der Waals surface area contributed by atoms with Gasteiger partial charge in [0.05, 0.1) is 18.1 Å². The van der Waals surface area contributed by atoms with E-state index in [4.69, 9.17) is 9.84 Å². The number of hydrogen-bond donors (Lipinski definition) is 1. The molecule has 2 aromatic rings. The number of aromatic nitrogens is 2. The van der Waals surface area contributed by atoms with Gasteiger partial charge in [-0.2, -0.15) is 5.10 Å². The molecule has 1 atom stereocenters. The Balaban J connectivity index is 2.19. The van der Waals surface area contributed by atoms with Crippen molar-refractivity contribution in [3.63, 3.8) is 0 Å². The molecule has 1 aromatic carbocycles. The average Bonchev–Trinajstić information content (AvgIpc) is 2.83. The maximum atomic E-state index is 13.1. The number of rotatable bonds is 5. The molecular weight excluding hydrogens is 263 g/mol. The molecule has 0 fully saturated rings. The second-order valence-corrected chi connectivity index (χ2v) is 4.72. The van der Waals surface area contributed by atoms with Crippen molar-refractivity contribution in [2.75, 3.05) is 0 Å². The lowest BCUT2D eigenvalue weighted by molar-refractivity contribution is -0.147. The summed E-state index contributed by atoms with van der Waals surface area (Å²) in [6, 6.07) is 5.93. The number of carbonyl (C=O) groups is 1. The minimum Gasteiger partial charge on any atom is -0.478 e. The molecular formula is C14H15FN2O3. The molecule has 1 N–H and O–H groups in total. The molecule has 106 valence electrons. The van der Waals surface area contributed by atoms with E-state index in [1.165, 1.54) is 29.2 Å². The number of carboxylic acid groups (broad SMARTS) is 1. The molecule has 0 saturated carbocycles. The molecule has 0 spiro atoms. The summed E-state index contributed by atoms with van der Waals surface area (Å²) in [5.41, 5.74) is 0.538. The molecule has 2 rings (SSSR count). The van der Waals surface area contributed by atoms with E-state index in [0.717, 1.165) is 0 Å². The standard InChI is InChI=1S/C14H15FN2O3/c1-9(2)13(14(18)19)20-12-7-16-17(8-12)11-5-3-4-10(15)6-11/h3-9,13H,1-2H3,(H,18,19). The number of halogens is 1. The number of ether oxygens (including phenoxy) is 1. The fourth-order valence-electron chi connectivity index (χ4n) is 1.75. The first kappa shape index (κ1) is 14.0. The molecule has 6 heteroatoms. The Kier molecular flexibility index (Phi) is 4.02. The van der Waals surface area contributed by atoms with Gasteiger partial charge in [-0.3, -0.25) is 0 Å². The highest BCUT2D eigenvalue weighted by Gasteiger charge is 2.24. The molecule has 0 radical (unpaired) electrons. The number of carboxylic acids is 1. The summed E-state index contributed by atoms with van der Waals surface area (Å²) < 4.78 is 20.0. The molecule has 0 aliphatic heterocycles. The van der Waals surface area contributed by atoms with Crippen LogP contribution in [0.5, 0.6) is 5.75 Å². The van der Waals surface area contributed by atoms with Crippen LogP contribution in [-0.4, -0.2) is 27.0 Å². The molecule has 0 amide bonds. The van der Waals surface area contributed by atoms with Crippen molar-refractivity contribution in [1.82, 2.24) is 9.78 Å². The summed E-state index contributed by atoms with van der Waals surface area (Å²) in [5.74, 6) is -1.25. The van der Waals surface area contributed by atoms with Gasteiger partial charge in [0.15, 0.2) is 11.9 Å². The van der Waals surface area contributed by atoms with Gasteiger partial charge in [0.25, 0.3) is 0 Å². The lowest BCUT2D eigenvalue weighted by Gasteiger charge is -2.16. The molecule has 0 bridgehead atoms. The van der Waals surface area contributed by atoms with E-state index in [9.17, 15) is 9.18 Å². The Bertz CT molecular complexity index is 610. The monoisotopic (exact) mass is 278 g/mol. The van der Waals surface area contributed by atoms with Crippen molar-refractivity contribution in [2.24, 2.45) is 5.92 Å². The first-order valence-electron chi connectivity index (χ1n) is 6.17. The molecule has 0 aliphatic rings. The fourth-order valence-corrected chi connectivity index (χ4v) is 1.75. The minimum atomic E-state index is -1.03. The highest BCUT2D eigenvalue weighted by Crippen LogP contribution is 2.18. The lowest BCUT2D eigenvalue weighted by Crippen LogP contribution is -2.32. The Labute approximate surface area is 115 Å². The number of aliphatic carboxylic acids is 1. The number of nitrogens with zero attached hydrogens (tertiary/aromatic N) is 2. The third kappa shape index (κ3) is 3.14. The Morgan fingerprint density at radius 1 is 1.45 bits per heavy atom. The summed E-state index contributed by atoms with van der Waals surface area (Å²) >= 11 is 0. The third-order valence-corrected chi connectivity index (χ3v) is 2.74. The summed E-state index contributed by atoms with van der Waals surface area (Å²) in [4.78, 5) is 11.1. The number of benzene rings is 1. The second kappa shape index (κ2) is 5.73. The van der Waals surface area contributed by atoms with Gasteiger partial charge in [-0.1, -0.05) is 19.9 Å². The maximum Gasteiger partial charge on any atom is 0.345 e. The normalized spacial score (nSPS) is 12.4. The van der Waals surface area contributed by atoms with Crippen molar-refractivity contribution in [3.8, 4) is 11.4 Å². The summed E-state index contributed by atoms with van der Waals surface area (Å²) in [5, 5.41) is 13.1. The van der Waals surface area contributed by atoms with E-state index in [1.54, 1.807) is 26.0 Å². The third-order valence-electron chi connectivity index (χ3n) is 2.74. The van der Waals surface area contributed by atoms with Crippen molar-refractivity contribution in [3.05, 3.63) is 42.5 Å². The molecule has 0 saturated heterocycles. The van der Waals surface area contributed by atoms with E-state index in [2.05, 4.69) is 5.10 Å². The topological polar surface area (TPSA) is 64.4 Å². The van der Waals surface area contributed by atoms with E-state index < -0.39 is 12.1 Å². The highest BCUT2D eigenvalue weighted by molar-refractivity contribution is 5.73. The zero-order valence-electron chi connectivity index (χ0n) is 11.2. The van der Waals surface area contributed by atoms with Crippen LogP contribution in [0.3, 0.4) is 0 Å². The van der Waals surface area contributed by atoms with Crippen LogP contribution in [0.2, 0.25) is 0 Å². The minimum absolute atomic E-state index is 0.176. The van der Waals surface area contributed by atoms with Crippen LogP contribution in [0.25, 0.3) is 5.69 Å². The van der Waals surface area contributed by atoms with Crippen LogP contribution in [0, 0.1) is 11.7 Å². The summed E-state index contributed by atoms with van der Waals surface area (Å²) in [7, 11) is 0. The lowest BCUT2D eigenvalue weighted by atomic mass is 10.1. The number of hydrogen-bond acceptors (Lipinski definition) is 3. The predicted octanol–water partition coefficient (Wildman–Crippen LogP) is 2.50. The van der Waals surface area contributed by atoms with Gasteiger partial charge in [-0.15, -0.1) is 0 Å². The Morgan fingerprint density at radius 3 is 2.80 bits per heavy atom. The molecule has 20 heavy (non-hydrogen) atoms. The van der Waals surface area contributed by atoms with Crippen LogP contribution in [-0.2, 0) is 4.79 Å². The smallest absolute Gasteiger partial charge is 0.345 e. The summed E-state index contributed by atoms with van der Waals surface area (Å²) in [6.07, 6.45) is 1.98. The van der Waals surface area contributed by atoms with Crippen LogP contribution in [0.4, 0.5) is 4.39 Å². The van der Waals surface area contributed by atoms with E-state index in [1.807, 2.05) is 0 Å². The zero-order chi connectivity index (χ0) is 14.7. The van der Waals surface area contributed by atoms with E-state index >= 15 is 0 Å². The highest BCUT2D eigenvalue weighted by atomic mass is 19.1. The maximum absolute atomic E-state index is 13.1. The average molecular weight is 278 g/mol. The molecule has 5 nitrogen and oxygen atoms in total. The van der Waals surface area contributed by atoms with Crippen molar-refractivity contribution in [1.29, 1.82) is 0 Å². The fraction of sp³-hybridized carbons (Fsp3) is 0.286. The Morgan fingerprint density at radius 2 is 2.20 bits per heavy atom. The molecule has 1 aromatic heterocycles. The van der Waals surface area contributed by atoms with Gasteiger partial charge in [-0.05, 0) is 18.2 Å². The summed E-state index contributed by atoms with van der Waals surface area (Å²) in [6.45, 7) is 3.52. The quantitative estimate of drug-likeness (QED) is 0.912. The second-order valence-electron chi connectivity index (χ2n) is 4.72. The van der Waals surface area contributed by atoms with Gasteiger partial charge in [-0.25, -0.2) is 13.9 Å².